The lowest BCUT2D eigenvalue weighted by Gasteiger charge is -2.14. The molecule has 2 rings (SSSR count). The summed E-state index contributed by atoms with van der Waals surface area (Å²) in [4.78, 5) is 0. The van der Waals surface area contributed by atoms with Crippen LogP contribution in [0.15, 0.2) is 24.3 Å². The molecule has 1 aliphatic rings. The lowest BCUT2D eigenvalue weighted by molar-refractivity contribution is 0.602. The molecule has 100 valence electrons. The van der Waals surface area contributed by atoms with Crippen LogP contribution in [0.2, 0.25) is 0 Å². The van der Waals surface area contributed by atoms with Crippen LogP contribution >= 0.6 is 0 Å². The topological polar surface area (TPSA) is 43.1 Å². The van der Waals surface area contributed by atoms with E-state index in [0.717, 1.165) is 11.3 Å². The summed E-state index contributed by atoms with van der Waals surface area (Å²) in [5.41, 5.74) is 8.46. The highest BCUT2D eigenvalue weighted by Crippen LogP contribution is 2.26. The van der Waals surface area contributed by atoms with Crippen LogP contribution in [0.1, 0.15) is 42.9 Å². The van der Waals surface area contributed by atoms with Gasteiger partial charge in [-0.3, -0.25) is 4.21 Å². The smallest absolute Gasteiger partial charge is 0.0428 e. The maximum absolute atomic E-state index is 12.1. The van der Waals surface area contributed by atoms with Gasteiger partial charge in [0.1, 0.15) is 0 Å². The molecule has 0 radical (unpaired) electrons. The third-order valence-corrected chi connectivity index (χ3v) is 5.34. The van der Waals surface area contributed by atoms with Crippen molar-refractivity contribution < 1.29 is 4.21 Å². The van der Waals surface area contributed by atoms with E-state index >= 15 is 0 Å². The number of rotatable bonds is 5. The quantitative estimate of drug-likeness (QED) is 0.889. The Morgan fingerprint density at radius 2 is 1.89 bits per heavy atom. The molecule has 1 fully saturated rings. The highest BCUT2D eigenvalue weighted by Gasteiger charge is 2.19. The summed E-state index contributed by atoms with van der Waals surface area (Å²) in [6.07, 6.45) is 5.13. The second kappa shape index (κ2) is 6.48. The molecule has 2 atom stereocenters. The van der Waals surface area contributed by atoms with Crippen LogP contribution in [0, 0.1) is 12.8 Å². The number of nitrogens with two attached hydrogens (primary N) is 1. The Hall–Kier alpha value is -0.670. The Bertz CT molecular complexity index is 395. The van der Waals surface area contributed by atoms with Crippen molar-refractivity contribution in [2.24, 2.45) is 11.7 Å². The van der Waals surface area contributed by atoms with Crippen molar-refractivity contribution in [2.45, 2.75) is 38.6 Å². The first-order valence-corrected chi connectivity index (χ1v) is 8.31. The van der Waals surface area contributed by atoms with Crippen LogP contribution < -0.4 is 5.73 Å². The van der Waals surface area contributed by atoms with E-state index in [2.05, 4.69) is 19.1 Å². The summed E-state index contributed by atoms with van der Waals surface area (Å²) in [7, 11) is -0.771. The fourth-order valence-electron chi connectivity index (χ4n) is 2.62. The van der Waals surface area contributed by atoms with Crippen LogP contribution in [0.4, 0.5) is 0 Å². The van der Waals surface area contributed by atoms with Crippen LogP contribution in [0.25, 0.3) is 0 Å². The van der Waals surface area contributed by atoms with E-state index in [4.69, 9.17) is 5.73 Å². The van der Waals surface area contributed by atoms with E-state index in [1.807, 2.05) is 12.1 Å². The van der Waals surface area contributed by atoms with Gasteiger partial charge >= 0.3 is 0 Å². The van der Waals surface area contributed by atoms with Gasteiger partial charge in [0, 0.05) is 28.3 Å². The predicted molar refractivity (Wildman–Crippen MR) is 77.9 cm³/mol. The SMILES string of the molecule is Cc1ccc(C(N)CS(=O)CC2CCCC2)cc1. The molecule has 1 saturated carbocycles. The molecule has 0 aromatic heterocycles. The molecule has 1 aromatic carbocycles. The molecule has 2 nitrogen and oxygen atoms in total. The Kier molecular flexibility index (Phi) is 4.95. The fraction of sp³-hybridized carbons (Fsp3) is 0.600. The fourth-order valence-corrected chi connectivity index (χ4v) is 4.21. The van der Waals surface area contributed by atoms with Crippen molar-refractivity contribution in [1.29, 1.82) is 0 Å². The van der Waals surface area contributed by atoms with Crippen molar-refractivity contribution >= 4 is 10.8 Å². The second-order valence-corrected chi connectivity index (χ2v) is 6.99. The Morgan fingerprint density at radius 1 is 1.28 bits per heavy atom. The van der Waals surface area contributed by atoms with Crippen LogP contribution in [-0.2, 0) is 10.8 Å². The zero-order chi connectivity index (χ0) is 13.0. The zero-order valence-electron chi connectivity index (χ0n) is 11.1. The summed E-state index contributed by atoms with van der Waals surface area (Å²) in [5.74, 6) is 2.12. The summed E-state index contributed by atoms with van der Waals surface area (Å²) in [6, 6.07) is 8.14. The van der Waals surface area contributed by atoms with Crippen molar-refractivity contribution in [1.82, 2.24) is 0 Å². The summed E-state index contributed by atoms with van der Waals surface area (Å²) < 4.78 is 12.1. The second-order valence-electron chi connectivity index (χ2n) is 5.44. The maximum Gasteiger partial charge on any atom is 0.0428 e. The van der Waals surface area contributed by atoms with Gasteiger partial charge in [-0.05, 0) is 31.2 Å². The van der Waals surface area contributed by atoms with Crippen molar-refractivity contribution in [3.05, 3.63) is 35.4 Å². The van der Waals surface area contributed by atoms with Crippen LogP contribution in [-0.4, -0.2) is 15.7 Å². The van der Waals surface area contributed by atoms with Gasteiger partial charge in [-0.15, -0.1) is 0 Å². The first kappa shape index (κ1) is 13.8. The number of hydrogen-bond acceptors (Lipinski definition) is 2. The van der Waals surface area contributed by atoms with E-state index in [-0.39, 0.29) is 6.04 Å². The first-order chi connectivity index (χ1) is 8.65. The van der Waals surface area contributed by atoms with Gasteiger partial charge in [0.25, 0.3) is 0 Å². The van der Waals surface area contributed by atoms with E-state index in [0.29, 0.717) is 11.7 Å². The third kappa shape index (κ3) is 3.92. The molecule has 0 bridgehead atoms. The van der Waals surface area contributed by atoms with Gasteiger partial charge < -0.3 is 5.73 Å². The first-order valence-electron chi connectivity index (χ1n) is 6.82. The minimum absolute atomic E-state index is 0.0900. The number of benzene rings is 1. The molecule has 0 saturated heterocycles. The summed E-state index contributed by atoms with van der Waals surface area (Å²) in [6.45, 7) is 2.06. The van der Waals surface area contributed by atoms with Gasteiger partial charge in [-0.25, -0.2) is 0 Å². The maximum atomic E-state index is 12.1. The van der Waals surface area contributed by atoms with Crippen molar-refractivity contribution in [3.8, 4) is 0 Å². The largest absolute Gasteiger partial charge is 0.323 e. The lowest BCUT2D eigenvalue weighted by atomic mass is 10.1. The van der Waals surface area contributed by atoms with E-state index in [9.17, 15) is 4.21 Å². The number of aryl methyl sites for hydroxylation is 1. The Labute approximate surface area is 112 Å². The standard InChI is InChI=1S/C15H23NOS/c1-12-6-8-14(9-7-12)15(16)11-18(17)10-13-4-2-3-5-13/h6-9,13,15H,2-5,10-11,16H2,1H3. The Balaban J connectivity index is 1.84. The molecule has 18 heavy (non-hydrogen) atoms. The molecule has 2 N–H and O–H groups in total. The van der Waals surface area contributed by atoms with E-state index < -0.39 is 10.8 Å². The molecule has 0 spiro atoms. The molecular weight excluding hydrogens is 242 g/mol. The van der Waals surface area contributed by atoms with E-state index in [1.165, 1.54) is 31.2 Å². The van der Waals surface area contributed by atoms with Gasteiger partial charge in [-0.1, -0.05) is 42.7 Å². The zero-order valence-corrected chi connectivity index (χ0v) is 11.9. The molecule has 0 amide bonds. The normalized spacial score (nSPS) is 19.9. The molecule has 1 aromatic rings. The van der Waals surface area contributed by atoms with Gasteiger partial charge in [0.15, 0.2) is 0 Å². The highest BCUT2D eigenvalue weighted by atomic mass is 32.2. The van der Waals surface area contributed by atoms with Gasteiger partial charge in [-0.2, -0.15) is 0 Å². The van der Waals surface area contributed by atoms with E-state index in [1.54, 1.807) is 0 Å². The highest BCUT2D eigenvalue weighted by molar-refractivity contribution is 7.85. The van der Waals surface area contributed by atoms with Crippen molar-refractivity contribution in [2.75, 3.05) is 11.5 Å². The molecule has 0 aliphatic heterocycles. The average Bonchev–Trinajstić information content (AvgIpc) is 2.82. The van der Waals surface area contributed by atoms with Crippen molar-refractivity contribution in [3.63, 3.8) is 0 Å². The van der Waals surface area contributed by atoms with Crippen LogP contribution in [0.5, 0.6) is 0 Å². The van der Waals surface area contributed by atoms with Gasteiger partial charge in [0.05, 0.1) is 0 Å². The Morgan fingerprint density at radius 3 is 2.50 bits per heavy atom. The molecular formula is C15H23NOS. The third-order valence-electron chi connectivity index (χ3n) is 3.77. The molecule has 0 heterocycles. The summed E-state index contributed by atoms with van der Waals surface area (Å²) >= 11 is 0. The molecule has 1 aliphatic carbocycles. The average molecular weight is 265 g/mol. The van der Waals surface area contributed by atoms with Gasteiger partial charge in [0.2, 0.25) is 0 Å². The molecule has 3 heteroatoms. The molecule has 2 unspecified atom stereocenters. The predicted octanol–water partition coefficient (Wildman–Crippen LogP) is 2.93. The summed E-state index contributed by atoms with van der Waals surface area (Å²) in [5, 5.41) is 0. The monoisotopic (exact) mass is 265 g/mol. The minimum atomic E-state index is -0.771. The van der Waals surface area contributed by atoms with Crippen LogP contribution in [0.3, 0.4) is 0 Å². The number of hydrogen-bond donors (Lipinski definition) is 1. The lowest BCUT2D eigenvalue weighted by Crippen LogP contribution is -2.21. The minimum Gasteiger partial charge on any atom is -0.323 e.